The number of aryl methyl sites for hydroxylation is 1. The number of benzene rings is 2. The number of nitrogens with zero attached hydrogens (tertiary/aromatic N) is 3. The van der Waals surface area contributed by atoms with Crippen LogP contribution in [-0.4, -0.2) is 26.3 Å². The lowest BCUT2D eigenvalue weighted by molar-refractivity contribution is -0.127. The van der Waals surface area contributed by atoms with Crippen LogP contribution < -0.4 is 15.8 Å². The normalized spacial score (nSPS) is 11.9. The Balaban J connectivity index is 1.41. The van der Waals surface area contributed by atoms with Crippen LogP contribution in [0.4, 0.5) is 14.5 Å². The predicted octanol–water partition coefficient (Wildman–Crippen LogP) is 5.46. The quantitative estimate of drug-likeness (QED) is 0.257. The average Bonchev–Trinajstić information content (AvgIpc) is 3.54. The Kier molecular flexibility index (Phi) is 6.84. The second kappa shape index (κ2) is 10.4. The number of ether oxygens (including phenoxy) is 1. The summed E-state index contributed by atoms with van der Waals surface area (Å²) in [5, 5.41) is 2.32. The maximum atomic E-state index is 15.1. The van der Waals surface area contributed by atoms with Crippen molar-refractivity contribution in [3.8, 4) is 22.1 Å². The van der Waals surface area contributed by atoms with Crippen molar-refractivity contribution in [3.63, 3.8) is 0 Å². The maximum absolute atomic E-state index is 15.1. The number of hydrogen-bond donors (Lipinski definition) is 2. The van der Waals surface area contributed by atoms with E-state index in [1.807, 2.05) is 23.8 Å². The van der Waals surface area contributed by atoms with Crippen molar-refractivity contribution in [2.24, 2.45) is 5.73 Å². The van der Waals surface area contributed by atoms with E-state index in [1.54, 1.807) is 18.6 Å². The second-order valence-electron chi connectivity index (χ2n) is 8.32. The first kappa shape index (κ1) is 25.0. The van der Waals surface area contributed by atoms with E-state index in [0.717, 1.165) is 29.2 Å². The molecule has 0 saturated heterocycles. The van der Waals surface area contributed by atoms with E-state index < -0.39 is 29.4 Å². The summed E-state index contributed by atoms with van der Waals surface area (Å²) in [5.74, 6) is -4.68. The zero-order valence-corrected chi connectivity index (χ0v) is 20.8. The number of aromatic nitrogens is 3. The van der Waals surface area contributed by atoms with Gasteiger partial charge in [0.2, 0.25) is 11.8 Å². The number of halogens is 2. The lowest BCUT2D eigenvalue weighted by Gasteiger charge is -2.16. The number of anilines is 1. The van der Waals surface area contributed by atoms with Gasteiger partial charge in [-0.25, -0.2) is 13.8 Å². The number of para-hydroxylation sites is 1. The largest absolute Gasteiger partial charge is 0.453 e. The van der Waals surface area contributed by atoms with Crippen molar-refractivity contribution in [1.29, 1.82) is 0 Å². The molecule has 0 bridgehead atoms. The number of imidazole rings is 1. The number of hydrogen-bond acceptors (Lipinski definition) is 6. The molecule has 0 radical (unpaired) electrons. The van der Waals surface area contributed by atoms with Gasteiger partial charge in [-0.15, -0.1) is 11.3 Å². The van der Waals surface area contributed by atoms with Gasteiger partial charge in [0.05, 0.1) is 32.8 Å². The van der Waals surface area contributed by atoms with Gasteiger partial charge in [-0.2, -0.15) is 0 Å². The molecule has 38 heavy (non-hydrogen) atoms. The smallest absolute Gasteiger partial charge is 0.241 e. The molecule has 1 unspecified atom stereocenters. The van der Waals surface area contributed by atoms with Gasteiger partial charge < -0.3 is 20.4 Å². The Morgan fingerprint density at radius 3 is 2.61 bits per heavy atom. The molecule has 0 fully saturated rings. The molecule has 5 aromatic rings. The van der Waals surface area contributed by atoms with E-state index >= 15 is 4.39 Å². The van der Waals surface area contributed by atoms with Gasteiger partial charge in [0, 0.05) is 25.0 Å². The molecule has 2 aromatic carbocycles. The highest BCUT2D eigenvalue weighted by Gasteiger charge is 2.28. The molecule has 3 N–H and O–H groups in total. The summed E-state index contributed by atoms with van der Waals surface area (Å²) < 4.78 is 37.6. The zero-order valence-electron chi connectivity index (χ0n) is 20.0. The minimum Gasteiger partial charge on any atom is -0.453 e. The Hall–Kier alpha value is -4.64. The van der Waals surface area contributed by atoms with Crippen molar-refractivity contribution in [2.75, 3.05) is 5.32 Å². The third-order valence-electron chi connectivity index (χ3n) is 5.81. The standard InChI is InChI=1S/C27H21F2N5O3S/c1-2-34-13-20(32-14-34)23-12-19-25(38-23)22(9-10-31-19)37-21-8-7-15(11-17(21)29)24(26(30)35)27(36)33-18-6-4-3-5-16(18)28/h3-14,24H,2H2,1H3,(H2,30,35)(H,33,36). The summed E-state index contributed by atoms with van der Waals surface area (Å²) in [6.45, 7) is 2.81. The van der Waals surface area contributed by atoms with Crippen LogP contribution in [0, 0.1) is 11.6 Å². The van der Waals surface area contributed by atoms with Crippen LogP contribution in [0.25, 0.3) is 20.8 Å². The summed E-state index contributed by atoms with van der Waals surface area (Å²) in [4.78, 5) is 34.5. The van der Waals surface area contributed by atoms with Crippen LogP contribution in [0.5, 0.6) is 11.5 Å². The van der Waals surface area contributed by atoms with Crippen molar-refractivity contribution >= 4 is 39.1 Å². The van der Waals surface area contributed by atoms with Gasteiger partial charge in [0.25, 0.3) is 0 Å². The first-order chi connectivity index (χ1) is 18.3. The minimum atomic E-state index is -1.55. The predicted molar refractivity (Wildman–Crippen MR) is 140 cm³/mol. The number of thiophene rings is 1. The number of carbonyl (C=O) groups is 2. The van der Waals surface area contributed by atoms with E-state index in [4.69, 9.17) is 10.5 Å². The van der Waals surface area contributed by atoms with E-state index in [9.17, 15) is 14.0 Å². The molecule has 192 valence electrons. The average molecular weight is 534 g/mol. The van der Waals surface area contributed by atoms with Crippen LogP contribution in [0.3, 0.4) is 0 Å². The zero-order chi connectivity index (χ0) is 26.8. The van der Waals surface area contributed by atoms with Crippen molar-refractivity contribution in [2.45, 2.75) is 19.4 Å². The first-order valence-electron chi connectivity index (χ1n) is 11.6. The lowest BCUT2D eigenvalue weighted by atomic mass is 9.97. The molecule has 1 atom stereocenters. The maximum Gasteiger partial charge on any atom is 0.241 e. The lowest BCUT2D eigenvalue weighted by Crippen LogP contribution is -2.32. The highest BCUT2D eigenvalue weighted by Crippen LogP contribution is 2.39. The van der Waals surface area contributed by atoms with Crippen molar-refractivity contribution < 1.29 is 23.1 Å². The van der Waals surface area contributed by atoms with Gasteiger partial charge >= 0.3 is 0 Å². The molecule has 0 aliphatic heterocycles. The number of carbonyl (C=O) groups excluding carboxylic acids is 2. The molecular formula is C27H21F2N5O3S. The first-order valence-corrected chi connectivity index (χ1v) is 12.4. The molecule has 3 heterocycles. The summed E-state index contributed by atoms with van der Waals surface area (Å²) in [6, 6.07) is 12.7. The molecule has 0 aliphatic carbocycles. The van der Waals surface area contributed by atoms with Gasteiger partial charge in [-0.3, -0.25) is 14.6 Å². The molecule has 0 aliphatic rings. The molecule has 8 nitrogen and oxygen atoms in total. The van der Waals surface area contributed by atoms with Crippen molar-refractivity contribution in [1.82, 2.24) is 14.5 Å². The monoisotopic (exact) mass is 533 g/mol. The molecule has 5 rings (SSSR count). The molecule has 0 spiro atoms. The Bertz CT molecular complexity index is 1670. The number of primary amides is 1. The van der Waals surface area contributed by atoms with Gasteiger partial charge in [-0.05, 0) is 42.8 Å². The number of pyridine rings is 1. The van der Waals surface area contributed by atoms with Crippen LogP contribution in [0.2, 0.25) is 0 Å². The number of amides is 2. The SMILES string of the molecule is CCn1cnc(-c2cc3nccc(Oc4ccc(C(C(N)=O)C(=O)Nc5ccccc5F)cc4F)c3s2)c1. The minimum absolute atomic E-state index is 0.000912. The summed E-state index contributed by atoms with van der Waals surface area (Å²) in [7, 11) is 0. The molecular weight excluding hydrogens is 512 g/mol. The Morgan fingerprint density at radius 2 is 1.89 bits per heavy atom. The fourth-order valence-electron chi connectivity index (χ4n) is 3.89. The molecule has 3 aromatic heterocycles. The van der Waals surface area contributed by atoms with Crippen LogP contribution in [0.1, 0.15) is 18.4 Å². The molecule has 11 heteroatoms. The summed E-state index contributed by atoms with van der Waals surface area (Å²) in [6.07, 6.45) is 5.24. The van der Waals surface area contributed by atoms with E-state index in [2.05, 4.69) is 15.3 Å². The van der Waals surface area contributed by atoms with Gasteiger partial charge in [-0.1, -0.05) is 18.2 Å². The second-order valence-corrected chi connectivity index (χ2v) is 9.37. The number of rotatable bonds is 8. The third-order valence-corrected chi connectivity index (χ3v) is 6.98. The van der Waals surface area contributed by atoms with Gasteiger partial charge in [0.15, 0.2) is 11.6 Å². The van der Waals surface area contributed by atoms with Gasteiger partial charge in [0.1, 0.15) is 17.5 Å². The summed E-state index contributed by atoms with van der Waals surface area (Å²) in [5.41, 5.74) is 6.78. The number of fused-ring (bicyclic) bond motifs is 1. The third kappa shape index (κ3) is 4.96. The Morgan fingerprint density at radius 1 is 1.08 bits per heavy atom. The molecule has 0 saturated carbocycles. The highest BCUT2D eigenvalue weighted by atomic mass is 32.1. The summed E-state index contributed by atoms with van der Waals surface area (Å²) >= 11 is 1.41. The fourth-order valence-corrected chi connectivity index (χ4v) is 4.92. The fraction of sp³-hybridized carbons (Fsp3) is 0.111. The van der Waals surface area contributed by atoms with Crippen LogP contribution in [-0.2, 0) is 16.1 Å². The van der Waals surface area contributed by atoms with E-state index in [0.29, 0.717) is 16.0 Å². The van der Waals surface area contributed by atoms with E-state index in [-0.39, 0.29) is 17.0 Å². The van der Waals surface area contributed by atoms with Crippen LogP contribution in [0.15, 0.2) is 73.3 Å². The number of nitrogens with two attached hydrogens (primary N) is 1. The topological polar surface area (TPSA) is 112 Å². The number of nitrogens with one attached hydrogen (secondary N) is 1. The highest BCUT2D eigenvalue weighted by molar-refractivity contribution is 7.22. The Labute approximate surface area is 219 Å². The van der Waals surface area contributed by atoms with Crippen molar-refractivity contribution in [3.05, 3.63) is 90.5 Å². The van der Waals surface area contributed by atoms with E-state index in [1.165, 1.54) is 41.7 Å². The molecule has 2 amide bonds. The van der Waals surface area contributed by atoms with Crippen LogP contribution >= 0.6 is 11.3 Å².